The van der Waals surface area contributed by atoms with Gasteiger partial charge in [0.1, 0.15) is 35.9 Å². The highest BCUT2D eigenvalue weighted by Crippen LogP contribution is 2.44. The zero-order valence-electron chi connectivity index (χ0n) is 23.8. The summed E-state index contributed by atoms with van der Waals surface area (Å²) in [6.07, 6.45) is 3.64. The number of imidazole rings is 1. The number of rotatable bonds is 9. The summed E-state index contributed by atoms with van der Waals surface area (Å²) in [6.45, 7) is 11.8. The van der Waals surface area contributed by atoms with Gasteiger partial charge in [0.25, 0.3) is 0 Å². The van der Waals surface area contributed by atoms with Crippen LogP contribution in [0.4, 0.5) is 5.82 Å². The monoisotopic (exact) mass is 536 g/mol. The Labute approximate surface area is 229 Å². The molecule has 0 bridgehead atoms. The van der Waals surface area contributed by atoms with Crippen molar-refractivity contribution >= 4 is 22.8 Å². The molecule has 2 aliphatic heterocycles. The largest absolute Gasteiger partial charge is 0.382 e. The summed E-state index contributed by atoms with van der Waals surface area (Å²) in [5.41, 5.74) is 9.57. The number of Topliss-reactive ketones (excluding diaryl/α,β-unsaturated/α-hetero) is 1. The van der Waals surface area contributed by atoms with E-state index in [9.17, 15) is 4.79 Å². The third-order valence-corrected chi connectivity index (χ3v) is 7.49. The normalized spacial score (nSPS) is 24.5. The molecular formula is C29H40N6O4. The topological polar surface area (TPSA) is 118 Å². The van der Waals surface area contributed by atoms with Crippen molar-refractivity contribution in [3.63, 3.8) is 0 Å². The Morgan fingerprint density at radius 1 is 1.10 bits per heavy atom. The van der Waals surface area contributed by atoms with Crippen LogP contribution in [0.5, 0.6) is 0 Å². The first-order valence-electron chi connectivity index (χ1n) is 13.6. The lowest BCUT2D eigenvalue weighted by Gasteiger charge is -2.27. The zero-order valence-corrected chi connectivity index (χ0v) is 23.8. The standard InChI is InChI=1S/C29H40N6O4/c1-28(2,3)19-11-9-18(10-12-19)14-20(36)8-7-13-34(6)15-21-23-24(39-29(4,5)38-23)27(37-21)35-17-33-22-25(30)31-16-32-26(22)35/h9-12,16-17,21,23-24,27H,7-8,13-15H2,1-6H3,(H2,30,31,32)/t21-,23-,24-,27-/m1/s1. The molecular weight excluding hydrogens is 496 g/mol. The fourth-order valence-electron chi connectivity index (χ4n) is 5.47. The van der Waals surface area contributed by atoms with Gasteiger partial charge in [-0.15, -0.1) is 0 Å². The molecule has 3 aromatic rings. The summed E-state index contributed by atoms with van der Waals surface area (Å²) < 4.78 is 20.9. The molecule has 10 heteroatoms. The number of nitrogen functional groups attached to an aromatic ring is 1. The van der Waals surface area contributed by atoms with Crippen LogP contribution in [0.15, 0.2) is 36.9 Å². The van der Waals surface area contributed by atoms with Crippen LogP contribution in [0.3, 0.4) is 0 Å². The van der Waals surface area contributed by atoms with Crippen molar-refractivity contribution in [2.75, 3.05) is 25.9 Å². The number of likely N-dealkylation sites (N-methyl/N-ethyl adjacent to an activating group) is 1. The van der Waals surface area contributed by atoms with E-state index in [2.05, 4.69) is 64.9 Å². The lowest BCUT2D eigenvalue weighted by molar-refractivity contribution is -0.197. The summed E-state index contributed by atoms with van der Waals surface area (Å²) >= 11 is 0. The molecule has 0 aliphatic carbocycles. The minimum absolute atomic E-state index is 0.108. The lowest BCUT2D eigenvalue weighted by Crippen LogP contribution is -2.38. The van der Waals surface area contributed by atoms with E-state index in [1.165, 1.54) is 11.9 Å². The Bertz CT molecular complexity index is 1320. The van der Waals surface area contributed by atoms with Crippen LogP contribution in [0.1, 0.15) is 64.8 Å². The van der Waals surface area contributed by atoms with Crippen molar-refractivity contribution < 1.29 is 19.0 Å². The van der Waals surface area contributed by atoms with Gasteiger partial charge in [-0.05, 0) is 50.4 Å². The van der Waals surface area contributed by atoms with Crippen LogP contribution in [-0.4, -0.2) is 74.4 Å². The van der Waals surface area contributed by atoms with E-state index in [-0.39, 0.29) is 29.5 Å². The molecule has 10 nitrogen and oxygen atoms in total. The highest BCUT2D eigenvalue weighted by molar-refractivity contribution is 5.81. The second-order valence-electron chi connectivity index (χ2n) is 12.2. The first-order valence-corrected chi connectivity index (χ1v) is 13.6. The average Bonchev–Trinajstić information content (AvgIpc) is 3.51. The van der Waals surface area contributed by atoms with Crippen molar-refractivity contribution in [3.05, 3.63) is 48.0 Å². The minimum atomic E-state index is -0.726. The fourth-order valence-corrected chi connectivity index (χ4v) is 5.47. The number of benzene rings is 1. The van der Waals surface area contributed by atoms with Gasteiger partial charge in [-0.2, -0.15) is 0 Å². The maximum Gasteiger partial charge on any atom is 0.167 e. The van der Waals surface area contributed by atoms with Crippen molar-refractivity contribution in [3.8, 4) is 0 Å². The minimum Gasteiger partial charge on any atom is -0.382 e. The van der Waals surface area contributed by atoms with E-state index in [1.807, 2.05) is 25.5 Å². The molecule has 210 valence electrons. The quantitative estimate of drug-likeness (QED) is 0.437. The number of hydrogen-bond donors (Lipinski definition) is 1. The molecule has 5 rings (SSSR count). The van der Waals surface area contributed by atoms with Crippen LogP contribution < -0.4 is 5.73 Å². The van der Waals surface area contributed by atoms with Crippen molar-refractivity contribution in [2.24, 2.45) is 0 Å². The van der Waals surface area contributed by atoms with Crippen LogP contribution in [-0.2, 0) is 30.8 Å². The predicted octanol–water partition coefficient (Wildman–Crippen LogP) is 3.65. The summed E-state index contributed by atoms with van der Waals surface area (Å²) in [7, 11) is 2.04. The van der Waals surface area contributed by atoms with E-state index in [1.54, 1.807) is 6.33 Å². The van der Waals surface area contributed by atoms with Gasteiger partial charge in [0.05, 0.1) is 6.33 Å². The molecule has 2 N–H and O–H groups in total. The molecule has 0 amide bonds. The SMILES string of the molecule is CN(CCCC(=O)Cc1ccc(C(C)(C)C)cc1)C[C@H]1O[C@@H](n2cnc3c(N)ncnc32)[C@@H]2OC(C)(C)O[C@@H]21. The van der Waals surface area contributed by atoms with Gasteiger partial charge in [-0.1, -0.05) is 45.0 Å². The maximum atomic E-state index is 12.6. The second-order valence-corrected chi connectivity index (χ2v) is 12.2. The van der Waals surface area contributed by atoms with Gasteiger partial charge in [0.2, 0.25) is 0 Å². The number of nitrogens with zero attached hydrogens (tertiary/aromatic N) is 5. The number of nitrogens with two attached hydrogens (primary N) is 1. The number of ketones is 1. The number of fused-ring (bicyclic) bond motifs is 2. The summed E-state index contributed by atoms with van der Waals surface area (Å²) in [5, 5.41) is 0. The zero-order chi connectivity index (χ0) is 27.9. The highest BCUT2D eigenvalue weighted by Gasteiger charge is 2.56. The van der Waals surface area contributed by atoms with E-state index in [0.717, 1.165) is 18.5 Å². The highest BCUT2D eigenvalue weighted by atomic mass is 16.8. The lowest BCUT2D eigenvalue weighted by atomic mass is 9.86. The van der Waals surface area contributed by atoms with Gasteiger partial charge < -0.3 is 24.8 Å². The van der Waals surface area contributed by atoms with Gasteiger partial charge in [0.15, 0.2) is 23.5 Å². The van der Waals surface area contributed by atoms with Gasteiger partial charge in [0, 0.05) is 19.4 Å². The Morgan fingerprint density at radius 3 is 2.54 bits per heavy atom. The summed E-state index contributed by atoms with van der Waals surface area (Å²) in [6, 6.07) is 8.40. The molecule has 0 radical (unpaired) electrons. The van der Waals surface area contributed by atoms with Gasteiger partial charge >= 0.3 is 0 Å². The van der Waals surface area contributed by atoms with E-state index >= 15 is 0 Å². The van der Waals surface area contributed by atoms with E-state index < -0.39 is 12.0 Å². The Hall–Kier alpha value is -2.92. The predicted molar refractivity (Wildman–Crippen MR) is 148 cm³/mol. The molecule has 4 heterocycles. The van der Waals surface area contributed by atoms with Gasteiger partial charge in [-0.25, -0.2) is 15.0 Å². The second kappa shape index (κ2) is 10.6. The Morgan fingerprint density at radius 2 is 1.82 bits per heavy atom. The molecule has 0 saturated carbocycles. The van der Waals surface area contributed by atoms with Crippen LogP contribution in [0.2, 0.25) is 0 Å². The first-order chi connectivity index (χ1) is 18.4. The summed E-state index contributed by atoms with van der Waals surface area (Å²) in [4.78, 5) is 27.6. The number of aromatic nitrogens is 4. The fraction of sp³-hybridized carbons (Fsp3) is 0.586. The maximum absolute atomic E-state index is 12.6. The number of hydrogen-bond acceptors (Lipinski definition) is 9. The van der Waals surface area contributed by atoms with Crippen LogP contribution in [0, 0.1) is 0 Å². The van der Waals surface area contributed by atoms with Crippen LogP contribution >= 0.6 is 0 Å². The van der Waals surface area contributed by atoms with Gasteiger partial charge in [-0.3, -0.25) is 9.36 Å². The van der Waals surface area contributed by atoms with Crippen molar-refractivity contribution in [1.29, 1.82) is 0 Å². The smallest absolute Gasteiger partial charge is 0.167 e. The molecule has 2 fully saturated rings. The molecule has 4 atom stereocenters. The van der Waals surface area contributed by atoms with E-state index in [0.29, 0.717) is 36.4 Å². The molecule has 2 aromatic heterocycles. The Balaban J connectivity index is 1.16. The summed E-state index contributed by atoms with van der Waals surface area (Å²) in [5.74, 6) is -0.146. The van der Waals surface area contributed by atoms with Crippen molar-refractivity contribution in [1.82, 2.24) is 24.4 Å². The number of anilines is 1. The number of carbonyl (C=O) groups excluding carboxylic acids is 1. The molecule has 39 heavy (non-hydrogen) atoms. The van der Waals surface area contributed by atoms with Crippen LogP contribution in [0.25, 0.3) is 11.2 Å². The molecule has 2 aliphatic rings. The molecule has 0 unspecified atom stereocenters. The number of carbonyl (C=O) groups is 1. The number of ether oxygens (including phenoxy) is 3. The molecule has 1 aromatic carbocycles. The Kier molecular flexibility index (Phi) is 7.49. The average molecular weight is 537 g/mol. The van der Waals surface area contributed by atoms with E-state index in [4.69, 9.17) is 19.9 Å². The third-order valence-electron chi connectivity index (χ3n) is 7.49. The molecule has 0 spiro atoms. The third kappa shape index (κ3) is 5.99. The molecule has 2 saturated heterocycles. The van der Waals surface area contributed by atoms with Crippen molar-refractivity contribution in [2.45, 2.75) is 89.6 Å². The first kappa shape index (κ1) is 27.6.